The highest BCUT2D eigenvalue weighted by atomic mass is 16.3. The highest BCUT2D eigenvalue weighted by molar-refractivity contribution is 6.08. The van der Waals surface area contributed by atoms with Gasteiger partial charge in [-0.3, -0.25) is 29.0 Å². The molecule has 0 saturated carbocycles. The lowest BCUT2D eigenvalue weighted by molar-refractivity contribution is -0.165. The molecule has 8 N–H and O–H groups in total. The number of imide groups is 2. The molecule has 4 amide bonds. The van der Waals surface area contributed by atoms with E-state index in [1.54, 1.807) is 0 Å². The van der Waals surface area contributed by atoms with Crippen LogP contribution in [0.1, 0.15) is 54.4 Å². The summed E-state index contributed by atoms with van der Waals surface area (Å²) in [5, 5.41) is 24.7. The highest BCUT2D eigenvalue weighted by Crippen LogP contribution is 2.32. The fourth-order valence-corrected chi connectivity index (χ4v) is 4.53. The van der Waals surface area contributed by atoms with E-state index >= 15 is 0 Å². The summed E-state index contributed by atoms with van der Waals surface area (Å²) in [6.07, 6.45) is 1.59. The predicted octanol–water partition coefficient (Wildman–Crippen LogP) is -2.36. The fourth-order valence-electron chi connectivity index (χ4n) is 4.53. The molecule has 0 bridgehead atoms. The molecule has 4 aliphatic heterocycles. The molecule has 0 aromatic carbocycles. The minimum Gasteiger partial charge on any atom is -0.391 e. The van der Waals surface area contributed by atoms with Gasteiger partial charge in [-0.15, -0.1) is 0 Å². The smallest absolute Gasteiger partial charge is 0.251 e. The minimum atomic E-state index is -1.01. The second-order valence-corrected chi connectivity index (χ2v) is 9.22. The van der Waals surface area contributed by atoms with E-state index in [1.807, 2.05) is 0 Å². The Morgan fingerprint density at radius 1 is 0.824 bits per heavy atom. The molecule has 4 aliphatic rings. The van der Waals surface area contributed by atoms with Crippen LogP contribution >= 0.6 is 0 Å². The first kappa shape index (κ1) is 30.1. The lowest BCUT2D eigenvalue weighted by Crippen LogP contribution is -2.74. The van der Waals surface area contributed by atoms with Gasteiger partial charge in [-0.05, 0) is 52.6 Å². The van der Waals surface area contributed by atoms with Gasteiger partial charge in [0.15, 0.2) is 0 Å². The van der Waals surface area contributed by atoms with Gasteiger partial charge in [-0.1, -0.05) is 14.9 Å². The van der Waals surface area contributed by atoms with Crippen molar-refractivity contribution in [1.29, 1.82) is 0 Å². The molecule has 0 aromatic rings. The number of hydrogen-bond acceptors (Lipinski definition) is 10. The lowest BCUT2D eigenvalue weighted by Gasteiger charge is -2.46. The molecule has 4 unspecified atom stereocenters. The molecular weight excluding hydrogens is 444 g/mol. The number of carbonyl (C=O) groups excluding carboxylic acids is 4. The molecule has 4 heterocycles. The molecule has 0 aromatic heterocycles. The third-order valence-corrected chi connectivity index (χ3v) is 6.79. The van der Waals surface area contributed by atoms with Crippen molar-refractivity contribution in [3.05, 3.63) is 0 Å². The standard InChI is InChI=1S/2C10H17N3O3.2CH4/c2*1-6(14)7(11)8(15)13-5-10(9(13)16)3-2-4-12-10;;/h2*6-7,12,14H,2-5,11H2,1H3;2*1H4/t2*6?,7?,10-;;/m10../s1. The molecular formula is C22H42N6O6. The van der Waals surface area contributed by atoms with Crippen molar-refractivity contribution < 1.29 is 29.4 Å². The zero-order chi connectivity index (χ0) is 23.8. The normalized spacial score (nSPS) is 30.8. The molecule has 2 spiro atoms. The Kier molecular flexibility index (Phi) is 9.89. The number of hydrogen-bond donors (Lipinski definition) is 6. The monoisotopic (exact) mass is 486 g/mol. The fraction of sp³-hybridized carbons (Fsp3) is 0.818. The summed E-state index contributed by atoms with van der Waals surface area (Å²) in [7, 11) is 0. The zero-order valence-electron chi connectivity index (χ0n) is 18.5. The van der Waals surface area contributed by atoms with Crippen molar-refractivity contribution in [2.45, 2.75) is 89.8 Å². The van der Waals surface area contributed by atoms with Gasteiger partial charge in [-0.25, -0.2) is 0 Å². The average molecular weight is 487 g/mol. The first-order valence-corrected chi connectivity index (χ1v) is 11.0. The lowest BCUT2D eigenvalue weighted by atomic mass is 9.86. The van der Waals surface area contributed by atoms with E-state index in [2.05, 4.69) is 10.6 Å². The van der Waals surface area contributed by atoms with E-state index < -0.39 is 47.2 Å². The summed E-state index contributed by atoms with van der Waals surface area (Å²) in [6.45, 7) is 5.27. The van der Waals surface area contributed by atoms with Crippen molar-refractivity contribution in [1.82, 2.24) is 20.4 Å². The number of nitrogens with two attached hydrogens (primary N) is 2. The molecule has 4 rings (SSSR count). The van der Waals surface area contributed by atoms with Crippen LogP contribution in [0.3, 0.4) is 0 Å². The molecule has 0 radical (unpaired) electrons. The number of likely N-dealkylation sites (tertiary alicyclic amines) is 2. The van der Waals surface area contributed by atoms with Crippen LogP contribution in [0.25, 0.3) is 0 Å². The van der Waals surface area contributed by atoms with Crippen LogP contribution < -0.4 is 22.1 Å². The summed E-state index contributed by atoms with van der Waals surface area (Å²) in [5.74, 6) is -1.38. The molecule has 12 nitrogen and oxygen atoms in total. The summed E-state index contributed by atoms with van der Waals surface area (Å²) < 4.78 is 0. The first-order valence-electron chi connectivity index (χ1n) is 11.0. The Morgan fingerprint density at radius 2 is 1.15 bits per heavy atom. The van der Waals surface area contributed by atoms with Gasteiger partial charge in [0.2, 0.25) is 11.8 Å². The van der Waals surface area contributed by atoms with Crippen LogP contribution in [0.5, 0.6) is 0 Å². The molecule has 34 heavy (non-hydrogen) atoms. The van der Waals surface area contributed by atoms with Gasteiger partial charge in [0.05, 0.1) is 25.3 Å². The van der Waals surface area contributed by atoms with Gasteiger partial charge < -0.3 is 32.3 Å². The maximum atomic E-state index is 11.9. The largest absolute Gasteiger partial charge is 0.391 e. The van der Waals surface area contributed by atoms with Crippen molar-refractivity contribution in [2.75, 3.05) is 26.2 Å². The maximum absolute atomic E-state index is 11.9. The molecule has 4 fully saturated rings. The number of aliphatic hydroxyl groups excluding tert-OH is 2. The summed E-state index contributed by atoms with van der Waals surface area (Å²) in [6, 6.07) is -2.02. The Hall–Kier alpha value is -1.96. The van der Waals surface area contributed by atoms with Gasteiger partial charge in [0.1, 0.15) is 23.2 Å². The second kappa shape index (κ2) is 11.2. The van der Waals surface area contributed by atoms with Crippen LogP contribution in [0.15, 0.2) is 0 Å². The predicted molar refractivity (Wildman–Crippen MR) is 126 cm³/mol. The number of β-lactam (4-membered cyclic amide) rings is 2. The van der Waals surface area contributed by atoms with E-state index in [0.29, 0.717) is 13.1 Å². The molecule has 0 aliphatic carbocycles. The van der Waals surface area contributed by atoms with Crippen LogP contribution in [-0.4, -0.2) is 105 Å². The molecule has 12 heteroatoms. The van der Waals surface area contributed by atoms with E-state index in [0.717, 1.165) is 48.6 Å². The number of amides is 4. The van der Waals surface area contributed by atoms with E-state index in [-0.39, 0.29) is 26.7 Å². The van der Waals surface area contributed by atoms with E-state index in [9.17, 15) is 29.4 Å². The van der Waals surface area contributed by atoms with E-state index in [4.69, 9.17) is 11.5 Å². The van der Waals surface area contributed by atoms with Crippen LogP contribution in [0, 0.1) is 0 Å². The number of nitrogens with zero attached hydrogens (tertiary/aromatic N) is 2. The second-order valence-electron chi connectivity index (χ2n) is 9.22. The Labute approximate surface area is 201 Å². The van der Waals surface area contributed by atoms with E-state index in [1.165, 1.54) is 13.8 Å². The number of aliphatic hydroxyl groups is 2. The minimum absolute atomic E-state index is 0. The molecule has 6 atom stereocenters. The van der Waals surface area contributed by atoms with Gasteiger partial charge >= 0.3 is 0 Å². The third-order valence-electron chi connectivity index (χ3n) is 6.79. The SMILES string of the molecule is C.C.CC(O)C(N)C(=O)N1C[C@@]2(CCCN2)C1=O.CC(O)C(N)C(=O)N1C[C@]2(CCCN2)C1=O. The van der Waals surface area contributed by atoms with Gasteiger partial charge in [-0.2, -0.15) is 0 Å². The van der Waals surface area contributed by atoms with Crippen molar-refractivity contribution in [3.8, 4) is 0 Å². The Balaban J connectivity index is 0.000000321. The average Bonchev–Trinajstić information content (AvgIpc) is 3.46. The quantitative estimate of drug-likeness (QED) is 0.234. The Bertz CT molecular complexity index is 696. The number of nitrogens with one attached hydrogen (secondary N) is 2. The summed E-state index contributed by atoms with van der Waals surface area (Å²) in [5.41, 5.74) is 9.97. The van der Waals surface area contributed by atoms with Gasteiger partial charge in [0.25, 0.3) is 11.8 Å². The van der Waals surface area contributed by atoms with Crippen LogP contribution in [0.2, 0.25) is 0 Å². The number of rotatable bonds is 4. The third kappa shape index (κ3) is 5.16. The molecule has 4 saturated heterocycles. The number of carbonyl (C=O) groups is 4. The van der Waals surface area contributed by atoms with Crippen molar-refractivity contribution in [3.63, 3.8) is 0 Å². The van der Waals surface area contributed by atoms with Crippen LogP contribution in [0.4, 0.5) is 0 Å². The Morgan fingerprint density at radius 3 is 1.35 bits per heavy atom. The maximum Gasteiger partial charge on any atom is 0.251 e. The zero-order valence-corrected chi connectivity index (χ0v) is 18.5. The van der Waals surface area contributed by atoms with Gasteiger partial charge in [0, 0.05) is 0 Å². The van der Waals surface area contributed by atoms with Crippen molar-refractivity contribution in [2.24, 2.45) is 11.5 Å². The first-order chi connectivity index (χ1) is 15.0. The molecule has 196 valence electrons. The summed E-state index contributed by atoms with van der Waals surface area (Å²) >= 11 is 0. The topological polar surface area (TPSA) is 191 Å². The summed E-state index contributed by atoms with van der Waals surface area (Å²) in [4.78, 5) is 49.4. The highest BCUT2D eigenvalue weighted by Gasteiger charge is 2.57. The van der Waals surface area contributed by atoms with Crippen molar-refractivity contribution >= 4 is 23.6 Å². The van der Waals surface area contributed by atoms with Crippen LogP contribution in [-0.2, 0) is 19.2 Å².